The Morgan fingerprint density at radius 1 is 0.471 bits per heavy atom. The highest BCUT2D eigenvalue weighted by molar-refractivity contribution is 7.75. The van der Waals surface area contributed by atoms with Crippen LogP contribution in [0.1, 0.15) is 0 Å². The molecule has 0 aromatic heterocycles. The van der Waals surface area contributed by atoms with E-state index in [4.69, 9.17) is 10.2 Å². The monoisotopic (exact) mass is 468 g/mol. The lowest BCUT2D eigenvalue weighted by molar-refractivity contribution is -0.129. The van der Waals surface area contributed by atoms with Crippen molar-refractivity contribution in [3.63, 3.8) is 0 Å². The molecule has 4 nitrogen and oxygen atoms in total. The summed E-state index contributed by atoms with van der Waals surface area (Å²) in [5.41, 5.74) is 4.34. The highest BCUT2D eigenvalue weighted by Gasteiger charge is 2.45. The van der Waals surface area contributed by atoms with Gasteiger partial charge in [0, 0.05) is 0 Å². The molecule has 4 aromatic rings. The van der Waals surface area contributed by atoms with Gasteiger partial charge in [0.15, 0.2) is 12.2 Å². The van der Waals surface area contributed by atoms with E-state index in [-0.39, 0.29) is 0 Å². The number of aliphatic hydroxyl groups excluding tert-OH is 2. The number of hydrogen-bond donors (Lipinski definition) is 2. The Labute approximate surface area is 201 Å². The molecule has 0 radical (unpaired) electrons. The fourth-order valence-corrected chi connectivity index (χ4v) is 5.73. The van der Waals surface area contributed by atoms with Crippen molar-refractivity contribution in [3.05, 3.63) is 121 Å². The van der Waals surface area contributed by atoms with Crippen molar-refractivity contribution in [1.29, 1.82) is 0 Å². The zero-order valence-electron chi connectivity index (χ0n) is 18.6. The van der Waals surface area contributed by atoms with Crippen LogP contribution in [-0.2, 0) is 9.59 Å². The molecule has 1 fully saturated rings. The lowest BCUT2D eigenvalue weighted by Crippen LogP contribution is -2.74. The van der Waals surface area contributed by atoms with Gasteiger partial charge in [0.05, 0.1) is 0 Å². The summed E-state index contributed by atoms with van der Waals surface area (Å²) in [4.78, 5) is 20.8. The maximum absolute atomic E-state index is 10.4. The summed E-state index contributed by atoms with van der Waals surface area (Å²) in [6, 6.07) is 43.5. The lowest BCUT2D eigenvalue weighted by atomic mass is 9.13. The molecule has 170 valence electrons. The van der Waals surface area contributed by atoms with Crippen molar-refractivity contribution in [2.24, 2.45) is 0 Å². The molecule has 0 bridgehead atoms. The second-order valence-electron chi connectivity index (χ2n) is 8.35. The molecule has 1 aliphatic heterocycles. The van der Waals surface area contributed by atoms with Gasteiger partial charge in [0.2, 0.25) is 0 Å². The normalized spacial score (nSPS) is 18.4. The fraction of sp³-hybridized carbons (Fsp3) is 0.0714. The Bertz CT molecular complexity index is 1050. The quantitative estimate of drug-likeness (QED) is 0.350. The molecule has 2 atom stereocenters. The Hall–Kier alpha value is -3.37. The van der Waals surface area contributed by atoms with Crippen LogP contribution in [-0.4, -0.2) is 39.6 Å². The fourth-order valence-electron chi connectivity index (χ4n) is 4.74. The predicted molar refractivity (Wildman–Crippen MR) is 142 cm³/mol. The molecule has 1 heterocycles. The third-order valence-electron chi connectivity index (χ3n) is 6.36. The number of rotatable bonds is 4. The summed E-state index contributed by atoms with van der Waals surface area (Å²) >= 11 is 0. The summed E-state index contributed by atoms with van der Waals surface area (Å²) in [5.74, 6) is 0. The Balaban J connectivity index is 0.000000257. The summed E-state index contributed by atoms with van der Waals surface area (Å²) in [6.07, 6.45) is -4.09. The topological polar surface area (TPSA) is 74.6 Å². The van der Waals surface area contributed by atoms with E-state index in [1.54, 1.807) is 0 Å². The summed E-state index contributed by atoms with van der Waals surface area (Å²) in [7, 11) is -1.02. The molecule has 6 heteroatoms. The molecule has 4 aromatic carbocycles. The first kappa shape index (κ1) is 23.8. The average molecular weight is 468 g/mol. The first-order valence-electron chi connectivity index (χ1n) is 11.2. The van der Waals surface area contributed by atoms with Crippen LogP contribution in [0.15, 0.2) is 121 Å². The highest BCUT2D eigenvalue weighted by atomic mass is 31.1. The van der Waals surface area contributed by atoms with E-state index >= 15 is 0 Å². The van der Waals surface area contributed by atoms with Crippen LogP contribution in [0.4, 0.5) is 0 Å². The van der Waals surface area contributed by atoms with Crippen LogP contribution in [0, 0.1) is 0 Å². The average Bonchev–Trinajstić information content (AvgIpc) is 3.12. The molecule has 0 amide bonds. The number of aliphatic hydroxyl groups is 2. The maximum Gasteiger partial charge on any atom is 0.302 e. The molecule has 0 aliphatic carbocycles. The van der Waals surface area contributed by atoms with Crippen LogP contribution in [0.3, 0.4) is 0 Å². The van der Waals surface area contributed by atoms with Gasteiger partial charge in [0.25, 0.3) is 0 Å². The van der Waals surface area contributed by atoms with Crippen molar-refractivity contribution in [1.82, 2.24) is 0 Å². The zero-order chi connectivity index (χ0) is 24.0. The van der Waals surface area contributed by atoms with Crippen LogP contribution >= 0.6 is 8.58 Å². The molecule has 1 saturated heterocycles. The minimum absolute atomic E-state index is 0.507. The second kappa shape index (κ2) is 10.7. The minimum atomic E-state index is -1.44. The number of carbonyl (C=O) groups is 2. The SMILES string of the molecule is O=C1[PH2+]C(=O)C(O)C1O.c1ccc([B-](c2ccccc2)(c2ccccc2)c2ccccc2)cc1. The molecule has 5 rings (SSSR count). The standard InChI is InChI=1S/C24H20B.C4H5O4P/c1-5-13-21(14-6-1)25(22-15-7-2-8-16-22,23-17-9-3-10-18-23)24-19-11-4-12-20-24;5-1-2(6)4(8)9-3(1)7/h1-20H;1-2,5-6,9H/q-1;/p+1. The summed E-state index contributed by atoms with van der Waals surface area (Å²) in [5, 5.41) is 17.3. The van der Waals surface area contributed by atoms with Gasteiger partial charge < -0.3 is 10.2 Å². The van der Waals surface area contributed by atoms with Gasteiger partial charge in [-0.2, -0.15) is 21.9 Å². The van der Waals surface area contributed by atoms with Crippen LogP contribution in [0.5, 0.6) is 0 Å². The Morgan fingerprint density at radius 3 is 0.882 bits per heavy atom. The van der Waals surface area contributed by atoms with Crippen molar-refractivity contribution in [3.8, 4) is 0 Å². The van der Waals surface area contributed by atoms with Gasteiger partial charge in [-0.25, -0.2) is 9.59 Å². The zero-order valence-corrected chi connectivity index (χ0v) is 19.7. The lowest BCUT2D eigenvalue weighted by Gasteiger charge is -2.44. The van der Waals surface area contributed by atoms with Crippen molar-refractivity contribution in [2.45, 2.75) is 12.2 Å². The van der Waals surface area contributed by atoms with Gasteiger partial charge >= 0.3 is 11.0 Å². The largest absolute Gasteiger partial charge is 0.378 e. The van der Waals surface area contributed by atoms with Crippen LogP contribution in [0.25, 0.3) is 0 Å². The van der Waals surface area contributed by atoms with E-state index in [1.165, 1.54) is 21.9 Å². The molecule has 34 heavy (non-hydrogen) atoms. The van der Waals surface area contributed by atoms with E-state index < -0.39 is 38.0 Å². The second-order valence-corrected chi connectivity index (χ2v) is 9.77. The first-order chi connectivity index (χ1) is 16.5. The van der Waals surface area contributed by atoms with Crippen LogP contribution in [0.2, 0.25) is 0 Å². The van der Waals surface area contributed by atoms with Gasteiger partial charge in [-0.1, -0.05) is 121 Å². The smallest absolute Gasteiger partial charge is 0.302 e. The van der Waals surface area contributed by atoms with Gasteiger partial charge in [-0.3, -0.25) is 0 Å². The first-order valence-corrected chi connectivity index (χ1v) is 12.4. The van der Waals surface area contributed by atoms with Crippen molar-refractivity contribution < 1.29 is 19.8 Å². The third kappa shape index (κ3) is 4.64. The van der Waals surface area contributed by atoms with E-state index in [9.17, 15) is 9.59 Å². The molecular formula is C28H26BO4P. The molecule has 1 aliphatic rings. The number of benzene rings is 4. The Kier molecular flexibility index (Phi) is 7.49. The highest BCUT2D eigenvalue weighted by Crippen LogP contribution is 2.27. The van der Waals surface area contributed by atoms with E-state index in [2.05, 4.69) is 121 Å². The van der Waals surface area contributed by atoms with E-state index in [0.29, 0.717) is 0 Å². The number of hydrogen-bond acceptors (Lipinski definition) is 4. The maximum atomic E-state index is 10.4. The van der Waals surface area contributed by atoms with Gasteiger partial charge in [-0.15, -0.1) is 0 Å². The van der Waals surface area contributed by atoms with Gasteiger partial charge in [-0.05, 0) is 0 Å². The van der Waals surface area contributed by atoms with Crippen molar-refractivity contribution >= 4 is 47.6 Å². The number of carbonyl (C=O) groups excluding carboxylic acids is 2. The van der Waals surface area contributed by atoms with Crippen molar-refractivity contribution in [2.75, 3.05) is 0 Å². The van der Waals surface area contributed by atoms with E-state index in [0.717, 1.165) is 0 Å². The summed E-state index contributed by atoms with van der Waals surface area (Å²) < 4.78 is 0. The molecule has 2 unspecified atom stereocenters. The molecule has 2 N–H and O–H groups in total. The van der Waals surface area contributed by atoms with Gasteiger partial charge in [0.1, 0.15) is 14.7 Å². The Morgan fingerprint density at radius 2 is 0.706 bits per heavy atom. The van der Waals surface area contributed by atoms with Crippen LogP contribution < -0.4 is 21.9 Å². The molecular weight excluding hydrogens is 442 g/mol. The third-order valence-corrected chi connectivity index (χ3v) is 7.62. The minimum Gasteiger partial charge on any atom is -0.378 e. The summed E-state index contributed by atoms with van der Waals surface area (Å²) in [6.45, 7) is 0. The van der Waals surface area contributed by atoms with E-state index in [1.807, 2.05) is 0 Å². The molecule has 0 saturated carbocycles. The predicted octanol–water partition coefficient (Wildman–Crippen LogP) is 1.25. The molecule has 0 spiro atoms.